The fraction of sp³-hybridized carbons (Fsp3) is 0.167. The van der Waals surface area contributed by atoms with Crippen molar-refractivity contribution < 1.29 is 14.3 Å². The van der Waals surface area contributed by atoms with Crippen molar-refractivity contribution in [1.29, 1.82) is 0 Å². The van der Waals surface area contributed by atoms with Crippen LogP contribution in [0.25, 0.3) is 0 Å². The molecule has 3 rings (SSSR count). The van der Waals surface area contributed by atoms with Gasteiger partial charge in [-0.1, -0.05) is 28.1 Å². The molecule has 0 aromatic heterocycles. The van der Waals surface area contributed by atoms with Crippen molar-refractivity contribution in [3.05, 3.63) is 83.4 Å². The summed E-state index contributed by atoms with van der Waals surface area (Å²) in [4.78, 5) is 12.1. The number of nitrogens with zero attached hydrogens (tertiary/aromatic N) is 1. The lowest BCUT2D eigenvalue weighted by molar-refractivity contribution is -0.119. The number of hydrogen-bond donors (Lipinski definition) is 2. The van der Waals surface area contributed by atoms with Gasteiger partial charge in [-0.25, -0.2) is 5.43 Å². The van der Waals surface area contributed by atoms with Gasteiger partial charge in [0.25, 0.3) is 5.91 Å². The van der Waals surface area contributed by atoms with E-state index in [9.17, 15) is 4.79 Å². The van der Waals surface area contributed by atoms with Gasteiger partial charge in [-0.2, -0.15) is 5.10 Å². The molecule has 0 aliphatic rings. The first kappa shape index (κ1) is 25.8. The molecule has 0 aliphatic carbocycles. The molecule has 3 aromatic carbocycles. The van der Waals surface area contributed by atoms with Crippen molar-refractivity contribution in [2.45, 2.75) is 13.5 Å². The van der Waals surface area contributed by atoms with Crippen molar-refractivity contribution >= 4 is 78.9 Å². The van der Waals surface area contributed by atoms with E-state index in [-0.39, 0.29) is 12.5 Å². The molecule has 0 saturated heterocycles. The monoisotopic (exact) mass is 733 g/mol. The van der Waals surface area contributed by atoms with Crippen molar-refractivity contribution in [1.82, 2.24) is 5.43 Å². The van der Waals surface area contributed by atoms with Gasteiger partial charge in [-0.15, -0.1) is 0 Å². The molecule has 0 heterocycles. The SMILES string of the molecule is CCOc1cc(/C=N\NC(=O)CNc2ccc(I)cc2)cc(I)c1OCc1ccc(Br)cc1. The summed E-state index contributed by atoms with van der Waals surface area (Å²) in [6.07, 6.45) is 1.59. The molecule has 0 atom stereocenters. The van der Waals surface area contributed by atoms with E-state index < -0.39 is 0 Å². The third-order valence-corrected chi connectivity index (χ3v) is 6.38. The third-order valence-electron chi connectivity index (χ3n) is 4.33. The zero-order valence-electron chi connectivity index (χ0n) is 17.8. The maximum absolute atomic E-state index is 12.1. The van der Waals surface area contributed by atoms with E-state index in [1.165, 1.54) is 0 Å². The number of hydrogen-bond acceptors (Lipinski definition) is 5. The molecule has 2 N–H and O–H groups in total. The highest BCUT2D eigenvalue weighted by atomic mass is 127. The second kappa shape index (κ2) is 13.1. The molecule has 6 nitrogen and oxygen atoms in total. The summed E-state index contributed by atoms with van der Waals surface area (Å²) in [6, 6.07) is 19.6. The summed E-state index contributed by atoms with van der Waals surface area (Å²) in [5.41, 5.74) is 5.27. The largest absolute Gasteiger partial charge is 0.490 e. The van der Waals surface area contributed by atoms with Crippen LogP contribution in [-0.4, -0.2) is 25.3 Å². The second-order valence-corrected chi connectivity index (χ2v) is 10.2. The molecule has 9 heteroatoms. The normalized spacial score (nSPS) is 10.8. The first-order chi connectivity index (χ1) is 15.9. The van der Waals surface area contributed by atoms with Gasteiger partial charge in [0.1, 0.15) is 6.61 Å². The maximum atomic E-state index is 12.1. The molecule has 0 radical (unpaired) electrons. The highest BCUT2D eigenvalue weighted by molar-refractivity contribution is 14.1. The minimum Gasteiger partial charge on any atom is -0.490 e. The summed E-state index contributed by atoms with van der Waals surface area (Å²) < 4.78 is 14.9. The fourth-order valence-corrected chi connectivity index (χ4v) is 4.18. The lowest BCUT2D eigenvalue weighted by Crippen LogP contribution is -2.25. The van der Waals surface area contributed by atoms with Crippen LogP contribution in [0.3, 0.4) is 0 Å². The number of benzene rings is 3. The van der Waals surface area contributed by atoms with Crippen LogP contribution >= 0.6 is 61.1 Å². The van der Waals surface area contributed by atoms with Crippen molar-refractivity contribution in [3.8, 4) is 11.5 Å². The minimum absolute atomic E-state index is 0.127. The van der Waals surface area contributed by atoms with E-state index >= 15 is 0 Å². The number of halogens is 3. The van der Waals surface area contributed by atoms with Crippen LogP contribution in [0.15, 0.2) is 70.2 Å². The molecule has 0 bridgehead atoms. The van der Waals surface area contributed by atoms with Crippen molar-refractivity contribution in [2.24, 2.45) is 5.10 Å². The highest BCUT2D eigenvalue weighted by Gasteiger charge is 2.12. The number of carbonyl (C=O) groups is 1. The quantitative estimate of drug-likeness (QED) is 0.148. The van der Waals surface area contributed by atoms with Crippen LogP contribution in [0.1, 0.15) is 18.1 Å². The minimum atomic E-state index is -0.237. The van der Waals surface area contributed by atoms with Crippen LogP contribution in [0.4, 0.5) is 5.69 Å². The maximum Gasteiger partial charge on any atom is 0.259 e. The van der Waals surface area contributed by atoms with E-state index in [4.69, 9.17) is 9.47 Å². The Labute approximate surface area is 228 Å². The summed E-state index contributed by atoms with van der Waals surface area (Å²) in [5.74, 6) is 1.08. The number of carbonyl (C=O) groups excluding carboxylic acids is 1. The Hall–Kier alpha value is -1.86. The smallest absolute Gasteiger partial charge is 0.259 e. The number of amides is 1. The molecular formula is C24H22BrI2N3O3. The average Bonchev–Trinajstić information content (AvgIpc) is 2.79. The lowest BCUT2D eigenvalue weighted by atomic mass is 10.2. The predicted octanol–water partition coefficient (Wildman–Crippen LogP) is 6.20. The third kappa shape index (κ3) is 8.45. The molecule has 0 aliphatic heterocycles. The molecule has 0 spiro atoms. The zero-order chi connectivity index (χ0) is 23.6. The molecule has 1 amide bonds. The number of rotatable bonds is 10. The second-order valence-electron chi connectivity index (χ2n) is 6.83. The Morgan fingerprint density at radius 2 is 1.79 bits per heavy atom. The van der Waals surface area contributed by atoms with Gasteiger partial charge in [0.15, 0.2) is 11.5 Å². The van der Waals surface area contributed by atoms with E-state index in [1.807, 2.05) is 67.6 Å². The van der Waals surface area contributed by atoms with E-state index in [1.54, 1.807) is 6.21 Å². The first-order valence-corrected chi connectivity index (χ1v) is 13.0. The highest BCUT2D eigenvalue weighted by Crippen LogP contribution is 2.34. The molecular weight excluding hydrogens is 712 g/mol. The summed E-state index contributed by atoms with van der Waals surface area (Å²) in [7, 11) is 0. The average molecular weight is 734 g/mol. The summed E-state index contributed by atoms with van der Waals surface area (Å²) >= 11 is 7.89. The van der Waals surface area contributed by atoms with Gasteiger partial charge >= 0.3 is 0 Å². The van der Waals surface area contributed by atoms with Crippen LogP contribution in [0.2, 0.25) is 0 Å². The predicted molar refractivity (Wildman–Crippen MR) is 152 cm³/mol. The topological polar surface area (TPSA) is 72.0 Å². The number of nitrogens with one attached hydrogen (secondary N) is 2. The van der Waals surface area contributed by atoms with Gasteiger partial charge in [-0.05, 0) is 112 Å². The van der Waals surface area contributed by atoms with Gasteiger partial charge in [0.05, 0.1) is 22.9 Å². The summed E-state index contributed by atoms with van der Waals surface area (Å²) in [5, 5.41) is 7.14. The Bertz CT molecular complexity index is 1110. The lowest BCUT2D eigenvalue weighted by Gasteiger charge is -2.15. The standard InChI is InChI=1S/C24H22BrI2N3O3/c1-2-32-22-12-17(11-21(27)24(22)33-15-16-3-5-18(25)6-4-16)13-29-30-23(31)14-28-20-9-7-19(26)8-10-20/h3-13,28H,2,14-15H2,1H3,(H,30,31)/b29-13-. The molecule has 3 aromatic rings. The van der Waals surface area contributed by atoms with Gasteiger partial charge in [0, 0.05) is 13.7 Å². The number of anilines is 1. The van der Waals surface area contributed by atoms with Crippen LogP contribution in [0.5, 0.6) is 11.5 Å². The Morgan fingerprint density at radius 3 is 2.48 bits per heavy atom. The van der Waals surface area contributed by atoms with Crippen molar-refractivity contribution in [2.75, 3.05) is 18.5 Å². The van der Waals surface area contributed by atoms with Crippen LogP contribution in [0, 0.1) is 7.14 Å². The Balaban J connectivity index is 1.60. The van der Waals surface area contributed by atoms with Gasteiger partial charge in [-0.3, -0.25) is 4.79 Å². The van der Waals surface area contributed by atoms with Gasteiger partial charge in [0.2, 0.25) is 0 Å². The molecule has 172 valence electrons. The Morgan fingerprint density at radius 1 is 1.06 bits per heavy atom. The van der Waals surface area contributed by atoms with Crippen LogP contribution < -0.4 is 20.2 Å². The first-order valence-electron chi connectivity index (χ1n) is 10.1. The number of hydrazone groups is 1. The molecule has 0 saturated carbocycles. The fourth-order valence-electron chi connectivity index (χ4n) is 2.77. The summed E-state index contributed by atoms with van der Waals surface area (Å²) in [6.45, 7) is 2.99. The molecule has 33 heavy (non-hydrogen) atoms. The zero-order valence-corrected chi connectivity index (χ0v) is 23.7. The Kier molecular flexibility index (Phi) is 10.3. The van der Waals surface area contributed by atoms with E-state index in [2.05, 4.69) is 77.0 Å². The molecule has 0 unspecified atom stereocenters. The van der Waals surface area contributed by atoms with E-state index in [0.29, 0.717) is 24.7 Å². The molecule has 0 fully saturated rings. The van der Waals surface area contributed by atoms with Gasteiger partial charge < -0.3 is 14.8 Å². The van der Waals surface area contributed by atoms with E-state index in [0.717, 1.165) is 28.4 Å². The van der Waals surface area contributed by atoms with Crippen molar-refractivity contribution in [3.63, 3.8) is 0 Å². The number of ether oxygens (including phenoxy) is 2. The van der Waals surface area contributed by atoms with Crippen LogP contribution in [-0.2, 0) is 11.4 Å².